The van der Waals surface area contributed by atoms with E-state index in [9.17, 15) is 26.7 Å². The molecule has 7 heteroatoms. The van der Waals surface area contributed by atoms with Gasteiger partial charge >= 0.3 is 6.18 Å². The number of benzene rings is 1. The Balaban J connectivity index is 2.17. The molecule has 1 amide bonds. The summed E-state index contributed by atoms with van der Waals surface area (Å²) >= 11 is 0. The van der Waals surface area contributed by atoms with Crippen LogP contribution in [0.15, 0.2) is 29.8 Å². The fraction of sp³-hybridized carbons (Fsp3) is 0.308. The van der Waals surface area contributed by atoms with Gasteiger partial charge in [0.15, 0.2) is 11.6 Å². The second kappa shape index (κ2) is 5.22. The lowest BCUT2D eigenvalue weighted by Crippen LogP contribution is -2.37. The maximum Gasteiger partial charge on any atom is 0.412 e. The molecule has 1 heterocycles. The molecule has 2 rings (SSSR count). The first-order valence-electron chi connectivity index (χ1n) is 5.80. The van der Waals surface area contributed by atoms with Crippen LogP contribution in [0.3, 0.4) is 0 Å². The third kappa shape index (κ3) is 2.81. The first-order valence-corrected chi connectivity index (χ1v) is 5.80. The van der Waals surface area contributed by atoms with E-state index in [0.717, 1.165) is 23.1 Å². The Morgan fingerprint density at radius 2 is 1.90 bits per heavy atom. The summed E-state index contributed by atoms with van der Waals surface area (Å²) in [6, 6.07) is 3.14. The molecule has 0 saturated heterocycles. The lowest BCUT2D eigenvalue weighted by Gasteiger charge is -2.27. The van der Waals surface area contributed by atoms with Crippen LogP contribution in [0.5, 0.6) is 0 Å². The number of halogens is 5. The number of carbonyl (C=O) groups excluding carboxylic acids is 1. The summed E-state index contributed by atoms with van der Waals surface area (Å²) in [4.78, 5) is 13.0. The number of rotatable bonds is 1. The molecule has 0 aromatic heterocycles. The molecule has 0 spiro atoms. The highest BCUT2D eigenvalue weighted by Gasteiger charge is 2.35. The van der Waals surface area contributed by atoms with Gasteiger partial charge in [-0.25, -0.2) is 8.78 Å². The fourth-order valence-corrected chi connectivity index (χ4v) is 1.95. The topological polar surface area (TPSA) is 20.3 Å². The van der Waals surface area contributed by atoms with E-state index in [1.54, 1.807) is 0 Å². The van der Waals surface area contributed by atoms with Gasteiger partial charge in [-0.2, -0.15) is 13.2 Å². The third-order valence-electron chi connectivity index (χ3n) is 3.04. The van der Waals surface area contributed by atoms with Crippen LogP contribution in [0.1, 0.15) is 16.8 Å². The Labute approximate surface area is 111 Å². The largest absolute Gasteiger partial charge is 0.412 e. The van der Waals surface area contributed by atoms with E-state index in [2.05, 4.69) is 0 Å². The first-order chi connectivity index (χ1) is 9.30. The van der Waals surface area contributed by atoms with Gasteiger partial charge in [-0.3, -0.25) is 4.79 Å². The summed E-state index contributed by atoms with van der Waals surface area (Å²) in [6.07, 6.45) is -3.88. The standard InChI is InChI=1S/C13H10F5NO/c14-10-3-1-2-9(11(10)15)12(20)19-6-4-8(5-7-19)13(16,17)18/h1-4H,5-7H2. The maximum atomic E-state index is 13.5. The lowest BCUT2D eigenvalue weighted by molar-refractivity contribution is -0.0957. The smallest absolute Gasteiger partial charge is 0.334 e. The second-order valence-corrected chi connectivity index (χ2v) is 4.33. The van der Waals surface area contributed by atoms with Crippen molar-refractivity contribution in [3.8, 4) is 0 Å². The van der Waals surface area contributed by atoms with E-state index in [4.69, 9.17) is 0 Å². The summed E-state index contributed by atoms with van der Waals surface area (Å²) in [6.45, 7) is -0.455. The molecule has 0 fully saturated rings. The number of carbonyl (C=O) groups is 1. The van der Waals surface area contributed by atoms with Crippen molar-refractivity contribution >= 4 is 5.91 Å². The molecule has 0 bridgehead atoms. The minimum absolute atomic E-state index is 0.180. The average Bonchev–Trinajstić information content (AvgIpc) is 2.40. The van der Waals surface area contributed by atoms with E-state index in [1.165, 1.54) is 6.07 Å². The normalized spacial score (nSPS) is 16.1. The number of amides is 1. The van der Waals surface area contributed by atoms with Crippen molar-refractivity contribution in [2.75, 3.05) is 13.1 Å². The minimum Gasteiger partial charge on any atom is -0.334 e. The van der Waals surface area contributed by atoms with Gasteiger partial charge in [0, 0.05) is 18.7 Å². The van der Waals surface area contributed by atoms with Crippen LogP contribution < -0.4 is 0 Å². The van der Waals surface area contributed by atoms with Gasteiger partial charge in [0.25, 0.3) is 5.91 Å². The van der Waals surface area contributed by atoms with Gasteiger partial charge in [0.2, 0.25) is 0 Å². The minimum atomic E-state index is -4.42. The molecule has 108 valence electrons. The van der Waals surface area contributed by atoms with Gasteiger partial charge in [-0.15, -0.1) is 0 Å². The fourth-order valence-electron chi connectivity index (χ4n) is 1.95. The zero-order chi connectivity index (χ0) is 14.9. The Hall–Kier alpha value is -1.92. The quantitative estimate of drug-likeness (QED) is 0.574. The van der Waals surface area contributed by atoms with E-state index in [1.807, 2.05) is 0 Å². The van der Waals surface area contributed by atoms with Crippen LogP contribution >= 0.6 is 0 Å². The van der Waals surface area contributed by atoms with E-state index >= 15 is 0 Å². The summed E-state index contributed by atoms with van der Waals surface area (Å²) in [5.74, 6) is -3.28. The molecule has 0 saturated carbocycles. The SMILES string of the molecule is O=C(c1cccc(F)c1F)N1CC=C(C(F)(F)F)CC1. The van der Waals surface area contributed by atoms with E-state index < -0.39 is 34.9 Å². The highest BCUT2D eigenvalue weighted by atomic mass is 19.4. The first kappa shape index (κ1) is 14.5. The van der Waals surface area contributed by atoms with E-state index in [0.29, 0.717) is 0 Å². The number of alkyl halides is 3. The molecular formula is C13H10F5NO. The summed E-state index contributed by atoms with van der Waals surface area (Å²) in [5.41, 5.74) is -1.19. The molecule has 2 nitrogen and oxygen atoms in total. The van der Waals surface area contributed by atoms with Crippen molar-refractivity contribution in [2.45, 2.75) is 12.6 Å². The third-order valence-corrected chi connectivity index (χ3v) is 3.04. The van der Waals surface area contributed by atoms with Crippen LogP contribution in [0.2, 0.25) is 0 Å². The zero-order valence-electron chi connectivity index (χ0n) is 10.2. The molecule has 1 aliphatic heterocycles. The number of nitrogens with zero attached hydrogens (tertiary/aromatic N) is 1. The molecule has 0 atom stereocenters. The van der Waals surface area contributed by atoms with Crippen molar-refractivity contribution in [1.29, 1.82) is 0 Å². The van der Waals surface area contributed by atoms with Crippen molar-refractivity contribution in [3.63, 3.8) is 0 Å². The average molecular weight is 291 g/mol. The molecule has 0 N–H and O–H groups in total. The second-order valence-electron chi connectivity index (χ2n) is 4.33. The Morgan fingerprint density at radius 3 is 2.45 bits per heavy atom. The highest BCUT2D eigenvalue weighted by molar-refractivity contribution is 5.94. The number of hydrogen-bond donors (Lipinski definition) is 0. The molecule has 1 aliphatic rings. The molecule has 1 aromatic rings. The predicted octanol–water partition coefficient (Wildman–Crippen LogP) is 3.30. The molecular weight excluding hydrogens is 281 g/mol. The maximum absolute atomic E-state index is 13.5. The number of hydrogen-bond acceptors (Lipinski definition) is 1. The summed E-state index contributed by atoms with van der Waals surface area (Å²) in [5, 5.41) is 0. The monoisotopic (exact) mass is 291 g/mol. The Kier molecular flexibility index (Phi) is 3.78. The summed E-state index contributed by atoms with van der Waals surface area (Å²) in [7, 11) is 0. The van der Waals surface area contributed by atoms with Crippen LogP contribution in [0.25, 0.3) is 0 Å². The van der Waals surface area contributed by atoms with Crippen LogP contribution in [-0.2, 0) is 0 Å². The zero-order valence-corrected chi connectivity index (χ0v) is 10.2. The molecule has 20 heavy (non-hydrogen) atoms. The van der Waals surface area contributed by atoms with Gasteiger partial charge in [-0.1, -0.05) is 12.1 Å². The van der Waals surface area contributed by atoms with Crippen LogP contribution in [-0.4, -0.2) is 30.1 Å². The predicted molar refractivity (Wildman–Crippen MR) is 61.0 cm³/mol. The van der Waals surface area contributed by atoms with Gasteiger partial charge in [-0.05, 0) is 18.6 Å². The molecule has 0 aliphatic carbocycles. The lowest BCUT2D eigenvalue weighted by atomic mass is 10.1. The molecule has 0 unspecified atom stereocenters. The summed E-state index contributed by atoms with van der Waals surface area (Å²) < 4.78 is 63.8. The van der Waals surface area contributed by atoms with Crippen molar-refractivity contribution in [1.82, 2.24) is 4.90 Å². The van der Waals surface area contributed by atoms with Gasteiger partial charge < -0.3 is 4.90 Å². The highest BCUT2D eigenvalue weighted by Crippen LogP contribution is 2.30. The Bertz CT molecular complexity index is 564. The Morgan fingerprint density at radius 1 is 1.20 bits per heavy atom. The molecule has 0 radical (unpaired) electrons. The van der Waals surface area contributed by atoms with Crippen LogP contribution in [0, 0.1) is 11.6 Å². The van der Waals surface area contributed by atoms with Crippen molar-refractivity contribution in [3.05, 3.63) is 47.0 Å². The van der Waals surface area contributed by atoms with Crippen LogP contribution in [0.4, 0.5) is 22.0 Å². The van der Waals surface area contributed by atoms with Crippen molar-refractivity contribution < 1.29 is 26.7 Å². The van der Waals surface area contributed by atoms with E-state index in [-0.39, 0.29) is 19.5 Å². The van der Waals surface area contributed by atoms with Crippen molar-refractivity contribution in [2.24, 2.45) is 0 Å². The van der Waals surface area contributed by atoms with Gasteiger partial charge in [0.1, 0.15) is 0 Å². The van der Waals surface area contributed by atoms with Gasteiger partial charge in [0.05, 0.1) is 5.56 Å². The molecule has 1 aromatic carbocycles.